The zero-order valence-electron chi connectivity index (χ0n) is 12.6. The number of alkyl halides is 1. The highest BCUT2D eigenvalue weighted by Crippen LogP contribution is 1.98. The van der Waals surface area contributed by atoms with Gasteiger partial charge in [-0.25, -0.2) is 0 Å². The van der Waals surface area contributed by atoms with E-state index in [9.17, 15) is 0 Å². The highest BCUT2D eigenvalue weighted by atomic mass is 127. The molecule has 7 heteroatoms. The second-order valence-corrected chi connectivity index (χ2v) is 5.60. The zero-order valence-corrected chi connectivity index (χ0v) is 14.8. The predicted molar refractivity (Wildman–Crippen MR) is 87.3 cm³/mol. The van der Waals surface area contributed by atoms with Gasteiger partial charge in [0, 0.05) is 11.0 Å². The Morgan fingerprint density at radius 1 is 0.810 bits per heavy atom. The van der Waals surface area contributed by atoms with Crippen molar-refractivity contribution < 1.29 is 28.4 Å². The normalized spacial score (nSPS) is 24.1. The minimum Gasteiger partial charge on any atom is -0.379 e. The average Bonchev–Trinajstić information content (AvgIpc) is 2.51. The molecule has 0 aromatic rings. The average molecular weight is 418 g/mol. The van der Waals surface area contributed by atoms with Crippen LogP contribution in [0.5, 0.6) is 0 Å². The molecule has 0 bridgehead atoms. The Labute approximate surface area is 140 Å². The summed E-state index contributed by atoms with van der Waals surface area (Å²) in [4.78, 5) is 0. The molecule has 6 nitrogen and oxygen atoms in total. The third kappa shape index (κ3) is 12.7. The summed E-state index contributed by atoms with van der Waals surface area (Å²) in [7, 11) is 0. The molecule has 0 aromatic heterocycles. The lowest BCUT2D eigenvalue weighted by Crippen LogP contribution is -2.28. The van der Waals surface area contributed by atoms with Crippen LogP contribution in [0.15, 0.2) is 0 Å². The SMILES string of the molecule is ICCCOCC1COCCOCCOCCOCCO1. The molecule has 1 aliphatic heterocycles. The van der Waals surface area contributed by atoms with E-state index >= 15 is 0 Å². The second-order valence-electron chi connectivity index (χ2n) is 4.52. The van der Waals surface area contributed by atoms with E-state index in [1.54, 1.807) is 0 Å². The summed E-state index contributed by atoms with van der Waals surface area (Å²) in [6.45, 7) is 6.41. The highest BCUT2D eigenvalue weighted by Gasteiger charge is 2.10. The first kappa shape index (κ1) is 19.5. The maximum absolute atomic E-state index is 5.74. The van der Waals surface area contributed by atoms with Gasteiger partial charge < -0.3 is 28.4 Å². The third-order valence-electron chi connectivity index (χ3n) is 2.73. The number of hydrogen-bond acceptors (Lipinski definition) is 6. The van der Waals surface area contributed by atoms with Crippen LogP contribution in [0.4, 0.5) is 0 Å². The summed E-state index contributed by atoms with van der Waals surface area (Å²) in [5, 5.41) is 0. The van der Waals surface area contributed by atoms with Crippen molar-refractivity contribution in [1.82, 2.24) is 0 Å². The molecule has 1 saturated heterocycles. The predicted octanol–water partition coefficient (Wildman–Crippen LogP) is 1.29. The van der Waals surface area contributed by atoms with Crippen LogP contribution in [0, 0.1) is 0 Å². The number of halogens is 1. The van der Waals surface area contributed by atoms with Crippen molar-refractivity contribution in [3.8, 4) is 0 Å². The van der Waals surface area contributed by atoms with Crippen LogP contribution >= 0.6 is 22.6 Å². The fourth-order valence-corrected chi connectivity index (χ4v) is 1.98. The van der Waals surface area contributed by atoms with E-state index in [4.69, 9.17) is 28.4 Å². The minimum atomic E-state index is -0.0517. The van der Waals surface area contributed by atoms with E-state index in [0.29, 0.717) is 66.1 Å². The maximum atomic E-state index is 5.74. The van der Waals surface area contributed by atoms with E-state index in [1.807, 2.05) is 0 Å². The molecule has 0 aromatic carbocycles. The van der Waals surface area contributed by atoms with Crippen LogP contribution in [-0.4, -0.2) is 83.2 Å². The van der Waals surface area contributed by atoms with Crippen molar-refractivity contribution in [2.75, 3.05) is 77.1 Å². The first-order chi connectivity index (χ1) is 10.4. The molecule has 1 fully saturated rings. The van der Waals surface area contributed by atoms with Gasteiger partial charge in [0.15, 0.2) is 0 Å². The Bertz CT molecular complexity index is 204. The molecule has 1 rings (SSSR count). The first-order valence-electron chi connectivity index (χ1n) is 7.49. The Balaban J connectivity index is 2.20. The summed E-state index contributed by atoms with van der Waals surface area (Å²) in [5.74, 6) is 0. The minimum absolute atomic E-state index is 0.0517. The molecule has 126 valence electrons. The molecule has 21 heavy (non-hydrogen) atoms. The lowest BCUT2D eigenvalue weighted by Gasteiger charge is -2.18. The molecule has 0 N–H and O–H groups in total. The standard InChI is InChI=1S/C14H27IO6/c15-2-1-3-19-12-14-13-20-9-8-17-5-4-16-6-7-18-10-11-21-14/h14H,1-13H2. The number of rotatable bonds is 5. The zero-order chi connectivity index (χ0) is 15.0. The van der Waals surface area contributed by atoms with Gasteiger partial charge in [-0.05, 0) is 6.42 Å². The van der Waals surface area contributed by atoms with Gasteiger partial charge in [-0.1, -0.05) is 22.6 Å². The fourth-order valence-electron chi connectivity index (χ4n) is 1.66. The van der Waals surface area contributed by atoms with Crippen LogP contribution < -0.4 is 0 Å². The number of hydrogen-bond donors (Lipinski definition) is 0. The van der Waals surface area contributed by atoms with Crippen LogP contribution in [0.3, 0.4) is 0 Å². The Morgan fingerprint density at radius 2 is 1.38 bits per heavy atom. The summed E-state index contributed by atoms with van der Waals surface area (Å²) in [6.07, 6.45) is 1.01. The Morgan fingerprint density at radius 3 is 2.00 bits per heavy atom. The van der Waals surface area contributed by atoms with Gasteiger partial charge in [-0.3, -0.25) is 0 Å². The fraction of sp³-hybridized carbons (Fsp3) is 1.00. The molecule has 1 aliphatic rings. The van der Waals surface area contributed by atoms with Crippen molar-refractivity contribution >= 4 is 22.6 Å². The Kier molecular flexibility index (Phi) is 14.3. The van der Waals surface area contributed by atoms with Crippen molar-refractivity contribution in [2.24, 2.45) is 0 Å². The molecule has 0 aliphatic carbocycles. The lowest BCUT2D eigenvalue weighted by molar-refractivity contribution is -0.0773. The van der Waals surface area contributed by atoms with Gasteiger partial charge in [0.2, 0.25) is 0 Å². The lowest BCUT2D eigenvalue weighted by atomic mass is 10.4. The summed E-state index contributed by atoms with van der Waals surface area (Å²) in [6, 6.07) is 0. The summed E-state index contributed by atoms with van der Waals surface area (Å²) >= 11 is 2.34. The molecule has 0 amide bonds. The van der Waals surface area contributed by atoms with E-state index in [2.05, 4.69) is 22.6 Å². The van der Waals surface area contributed by atoms with E-state index in [0.717, 1.165) is 17.5 Å². The monoisotopic (exact) mass is 418 g/mol. The molecule has 0 saturated carbocycles. The smallest absolute Gasteiger partial charge is 0.104 e. The van der Waals surface area contributed by atoms with Gasteiger partial charge in [-0.2, -0.15) is 0 Å². The van der Waals surface area contributed by atoms with Gasteiger partial charge in [-0.15, -0.1) is 0 Å². The van der Waals surface area contributed by atoms with Gasteiger partial charge in [0.1, 0.15) is 6.10 Å². The summed E-state index contributed by atoms with van der Waals surface area (Å²) in [5.41, 5.74) is 0. The van der Waals surface area contributed by atoms with Gasteiger partial charge >= 0.3 is 0 Å². The van der Waals surface area contributed by atoms with E-state index in [-0.39, 0.29) is 6.10 Å². The second kappa shape index (κ2) is 15.4. The summed E-state index contributed by atoms with van der Waals surface area (Å²) < 4.78 is 34.2. The van der Waals surface area contributed by atoms with Crippen molar-refractivity contribution in [3.05, 3.63) is 0 Å². The quantitative estimate of drug-likeness (QED) is 0.381. The van der Waals surface area contributed by atoms with Gasteiger partial charge in [0.05, 0.1) is 66.1 Å². The molecule has 1 atom stereocenters. The van der Waals surface area contributed by atoms with Crippen LogP contribution in [0.2, 0.25) is 0 Å². The maximum Gasteiger partial charge on any atom is 0.104 e. The third-order valence-corrected chi connectivity index (χ3v) is 3.49. The van der Waals surface area contributed by atoms with Crippen molar-refractivity contribution in [1.29, 1.82) is 0 Å². The molecule has 1 heterocycles. The number of ether oxygens (including phenoxy) is 6. The highest BCUT2D eigenvalue weighted by molar-refractivity contribution is 14.1. The molecular formula is C14H27IO6. The molecule has 0 radical (unpaired) electrons. The van der Waals surface area contributed by atoms with Crippen molar-refractivity contribution in [2.45, 2.75) is 12.5 Å². The van der Waals surface area contributed by atoms with E-state index < -0.39 is 0 Å². The topological polar surface area (TPSA) is 55.4 Å². The van der Waals surface area contributed by atoms with Gasteiger partial charge in [0.25, 0.3) is 0 Å². The van der Waals surface area contributed by atoms with E-state index in [1.165, 1.54) is 0 Å². The molecule has 1 unspecified atom stereocenters. The molecule has 0 spiro atoms. The van der Waals surface area contributed by atoms with Crippen LogP contribution in [0.25, 0.3) is 0 Å². The van der Waals surface area contributed by atoms with Crippen molar-refractivity contribution in [3.63, 3.8) is 0 Å². The van der Waals surface area contributed by atoms with Crippen LogP contribution in [-0.2, 0) is 28.4 Å². The first-order valence-corrected chi connectivity index (χ1v) is 9.02. The Hall–Kier alpha value is 0.490. The molecular weight excluding hydrogens is 391 g/mol. The largest absolute Gasteiger partial charge is 0.379 e. The van der Waals surface area contributed by atoms with Crippen LogP contribution in [0.1, 0.15) is 6.42 Å².